The highest BCUT2D eigenvalue weighted by Gasteiger charge is 2.08. The number of ether oxygens (including phenoxy) is 1. The Morgan fingerprint density at radius 2 is 1.74 bits per heavy atom. The maximum atomic E-state index is 12.9. The first-order valence-corrected chi connectivity index (χ1v) is 7.28. The molecule has 0 radical (unpaired) electrons. The largest absolute Gasteiger partial charge is 0.455 e. The summed E-state index contributed by atoms with van der Waals surface area (Å²) in [5.41, 5.74) is 5.78. The van der Waals surface area contributed by atoms with Gasteiger partial charge >= 0.3 is 0 Å². The average molecular weight is 281 g/mol. The number of halogens is 1. The van der Waals surface area contributed by atoms with E-state index in [1.54, 1.807) is 0 Å². The van der Waals surface area contributed by atoms with Crippen molar-refractivity contribution in [2.24, 2.45) is 0 Å². The highest BCUT2D eigenvalue weighted by Crippen LogP contribution is 2.28. The van der Waals surface area contributed by atoms with Crippen molar-refractivity contribution in [2.45, 2.75) is 4.90 Å². The van der Waals surface area contributed by atoms with Crippen LogP contribution in [-0.4, -0.2) is 14.7 Å². The quantitative estimate of drug-likeness (QED) is 0.878. The summed E-state index contributed by atoms with van der Waals surface area (Å²) >= 11 is 0. The van der Waals surface area contributed by atoms with E-state index in [4.69, 9.17) is 10.5 Å². The highest BCUT2D eigenvalue weighted by molar-refractivity contribution is 7.90. The van der Waals surface area contributed by atoms with Crippen LogP contribution in [0.4, 0.5) is 10.1 Å². The Bertz CT molecular complexity index is 696. The molecule has 2 aromatic rings. The van der Waals surface area contributed by atoms with Crippen LogP contribution in [0.3, 0.4) is 0 Å². The van der Waals surface area contributed by atoms with E-state index < -0.39 is 15.7 Å². The van der Waals surface area contributed by atoms with Gasteiger partial charge in [-0.3, -0.25) is 0 Å². The van der Waals surface area contributed by atoms with Crippen LogP contribution in [-0.2, 0) is 9.84 Å². The SMILES string of the molecule is CS(=O)(=O)c1ccc(Oc2ccc(F)cc2N)cc1. The second kappa shape index (κ2) is 4.89. The molecule has 0 amide bonds. The molecule has 4 nitrogen and oxygen atoms in total. The second-order valence-electron chi connectivity index (χ2n) is 4.03. The lowest BCUT2D eigenvalue weighted by molar-refractivity contribution is 0.482. The third-order valence-corrected chi connectivity index (χ3v) is 3.58. The van der Waals surface area contributed by atoms with Gasteiger partial charge in [0.1, 0.15) is 11.6 Å². The van der Waals surface area contributed by atoms with E-state index in [0.717, 1.165) is 12.3 Å². The summed E-state index contributed by atoms with van der Waals surface area (Å²) in [6.07, 6.45) is 1.13. The number of hydrogen-bond donors (Lipinski definition) is 1. The summed E-state index contributed by atoms with van der Waals surface area (Å²) in [4.78, 5) is 0.201. The molecule has 0 bridgehead atoms. The van der Waals surface area contributed by atoms with Gasteiger partial charge in [-0.05, 0) is 36.4 Å². The van der Waals surface area contributed by atoms with Gasteiger partial charge in [-0.1, -0.05) is 0 Å². The van der Waals surface area contributed by atoms with E-state index in [1.165, 1.54) is 36.4 Å². The van der Waals surface area contributed by atoms with Gasteiger partial charge in [-0.15, -0.1) is 0 Å². The maximum Gasteiger partial charge on any atom is 0.175 e. The number of benzene rings is 2. The molecular formula is C13H12FNO3S. The molecular weight excluding hydrogens is 269 g/mol. The molecule has 0 atom stereocenters. The third-order valence-electron chi connectivity index (χ3n) is 2.45. The fraction of sp³-hybridized carbons (Fsp3) is 0.0769. The first-order valence-electron chi connectivity index (χ1n) is 5.39. The van der Waals surface area contributed by atoms with Crippen molar-refractivity contribution >= 4 is 15.5 Å². The first-order chi connectivity index (χ1) is 8.86. The monoisotopic (exact) mass is 281 g/mol. The van der Waals surface area contributed by atoms with Gasteiger partial charge in [-0.25, -0.2) is 12.8 Å². The molecule has 0 aliphatic rings. The van der Waals surface area contributed by atoms with Crippen LogP contribution in [0.15, 0.2) is 47.4 Å². The summed E-state index contributed by atoms with van der Waals surface area (Å²) in [7, 11) is -3.24. The molecule has 19 heavy (non-hydrogen) atoms. The van der Waals surface area contributed by atoms with E-state index >= 15 is 0 Å². The van der Waals surface area contributed by atoms with Crippen LogP contribution in [0, 0.1) is 5.82 Å². The summed E-state index contributed by atoms with van der Waals surface area (Å²) in [5.74, 6) is 0.288. The van der Waals surface area contributed by atoms with E-state index in [-0.39, 0.29) is 10.6 Å². The number of sulfone groups is 1. The molecule has 0 saturated carbocycles. The van der Waals surface area contributed by atoms with E-state index in [9.17, 15) is 12.8 Å². The Morgan fingerprint density at radius 1 is 1.11 bits per heavy atom. The summed E-state index contributed by atoms with van der Waals surface area (Å²) in [5, 5.41) is 0. The Morgan fingerprint density at radius 3 is 2.26 bits per heavy atom. The lowest BCUT2D eigenvalue weighted by Crippen LogP contribution is -1.97. The predicted octanol–water partition coefficient (Wildman–Crippen LogP) is 2.60. The van der Waals surface area contributed by atoms with Crippen molar-refractivity contribution in [2.75, 3.05) is 12.0 Å². The molecule has 2 rings (SSSR count). The Kier molecular flexibility index (Phi) is 3.44. The van der Waals surface area contributed by atoms with Gasteiger partial charge in [0.15, 0.2) is 15.6 Å². The number of rotatable bonds is 3. The smallest absolute Gasteiger partial charge is 0.175 e. The standard InChI is InChI=1S/C13H12FNO3S/c1-19(16,17)11-5-3-10(4-6-11)18-13-7-2-9(14)8-12(13)15/h2-8H,15H2,1H3. The molecule has 2 N–H and O–H groups in total. The number of nitrogen functional groups attached to an aromatic ring is 1. The van der Waals surface area contributed by atoms with Gasteiger partial charge < -0.3 is 10.5 Å². The van der Waals surface area contributed by atoms with Crippen molar-refractivity contribution in [3.8, 4) is 11.5 Å². The van der Waals surface area contributed by atoms with Crippen molar-refractivity contribution in [1.29, 1.82) is 0 Å². The van der Waals surface area contributed by atoms with Crippen molar-refractivity contribution in [3.63, 3.8) is 0 Å². The fourth-order valence-corrected chi connectivity index (χ4v) is 2.12. The number of nitrogens with two attached hydrogens (primary N) is 1. The molecule has 2 aromatic carbocycles. The number of hydrogen-bond acceptors (Lipinski definition) is 4. The molecule has 6 heteroatoms. The fourth-order valence-electron chi connectivity index (χ4n) is 1.49. The summed E-state index contributed by atoms with van der Waals surface area (Å²) < 4.78 is 40.9. The van der Waals surface area contributed by atoms with Crippen LogP contribution < -0.4 is 10.5 Å². The lowest BCUT2D eigenvalue weighted by Gasteiger charge is -2.08. The van der Waals surface area contributed by atoms with Crippen LogP contribution in [0.5, 0.6) is 11.5 Å². The molecule has 0 aliphatic heterocycles. The minimum atomic E-state index is -3.24. The van der Waals surface area contributed by atoms with E-state index in [0.29, 0.717) is 11.5 Å². The van der Waals surface area contributed by atoms with Crippen LogP contribution >= 0.6 is 0 Å². The Labute approximate surface area is 110 Å². The molecule has 0 spiro atoms. The molecule has 100 valence electrons. The van der Waals surface area contributed by atoms with Gasteiger partial charge in [0.05, 0.1) is 10.6 Å². The zero-order valence-electron chi connectivity index (χ0n) is 10.1. The topological polar surface area (TPSA) is 69.4 Å². The Hall–Kier alpha value is -2.08. The van der Waals surface area contributed by atoms with E-state index in [2.05, 4.69) is 0 Å². The minimum Gasteiger partial charge on any atom is -0.455 e. The van der Waals surface area contributed by atoms with Crippen molar-refractivity contribution in [1.82, 2.24) is 0 Å². The molecule has 0 saturated heterocycles. The molecule has 0 unspecified atom stereocenters. The molecule has 0 aromatic heterocycles. The van der Waals surface area contributed by atoms with Gasteiger partial charge in [0.25, 0.3) is 0 Å². The first kappa shape index (κ1) is 13.4. The lowest BCUT2D eigenvalue weighted by atomic mass is 10.3. The van der Waals surface area contributed by atoms with E-state index in [1.807, 2.05) is 0 Å². The second-order valence-corrected chi connectivity index (χ2v) is 6.04. The van der Waals surface area contributed by atoms with Crippen molar-refractivity contribution in [3.05, 3.63) is 48.3 Å². The predicted molar refractivity (Wildman–Crippen MR) is 70.4 cm³/mol. The number of anilines is 1. The third kappa shape index (κ3) is 3.23. The zero-order chi connectivity index (χ0) is 14.0. The maximum absolute atomic E-state index is 12.9. The zero-order valence-corrected chi connectivity index (χ0v) is 10.9. The van der Waals surface area contributed by atoms with Gasteiger partial charge in [0, 0.05) is 12.3 Å². The molecule has 0 heterocycles. The van der Waals surface area contributed by atoms with Crippen LogP contribution in [0.25, 0.3) is 0 Å². The Balaban J connectivity index is 2.25. The normalized spacial score (nSPS) is 11.3. The van der Waals surface area contributed by atoms with Crippen LogP contribution in [0.1, 0.15) is 0 Å². The highest BCUT2D eigenvalue weighted by atomic mass is 32.2. The summed E-state index contributed by atoms with van der Waals surface area (Å²) in [6, 6.07) is 9.69. The summed E-state index contributed by atoms with van der Waals surface area (Å²) in [6.45, 7) is 0. The average Bonchev–Trinajstić information content (AvgIpc) is 2.32. The van der Waals surface area contributed by atoms with Gasteiger partial charge in [0.2, 0.25) is 0 Å². The van der Waals surface area contributed by atoms with Gasteiger partial charge in [-0.2, -0.15) is 0 Å². The molecule has 0 aliphatic carbocycles. The minimum absolute atomic E-state index is 0.173. The molecule has 0 fully saturated rings. The van der Waals surface area contributed by atoms with Crippen LogP contribution in [0.2, 0.25) is 0 Å². The van der Waals surface area contributed by atoms with Crippen molar-refractivity contribution < 1.29 is 17.5 Å².